The van der Waals surface area contributed by atoms with Gasteiger partial charge in [0.05, 0.1) is 0 Å². The first kappa shape index (κ1) is 21.5. The smallest absolute Gasteiger partial charge is 0.378 e. The number of sulfonamides is 1. The number of nitrogens with zero attached hydrogens (tertiary/aromatic N) is 3. The van der Waals surface area contributed by atoms with Crippen molar-refractivity contribution >= 4 is 15.9 Å². The number of alkyl halides is 3. The first-order valence-electron chi connectivity index (χ1n) is 9.33. The number of aliphatic hydroxyl groups excluding tert-OH is 1. The Morgan fingerprint density at radius 3 is 2.16 bits per heavy atom. The second kappa shape index (κ2) is 7.74. The number of aliphatic hydroxyl groups is 1. The number of hydrogen-bond donors (Lipinski definition) is 1. The van der Waals surface area contributed by atoms with Crippen molar-refractivity contribution in [2.45, 2.75) is 17.3 Å². The van der Waals surface area contributed by atoms with E-state index in [-0.39, 0.29) is 26.2 Å². The van der Waals surface area contributed by atoms with Crippen molar-refractivity contribution in [1.82, 2.24) is 14.2 Å². The van der Waals surface area contributed by atoms with Crippen LogP contribution in [-0.4, -0.2) is 59.8 Å². The third-order valence-corrected chi connectivity index (χ3v) is 6.97. The quantitative estimate of drug-likeness (QED) is 0.715. The second-order valence-corrected chi connectivity index (χ2v) is 9.23. The molecule has 4 rings (SSSR count). The number of amides is 1. The molecule has 164 valence electrons. The zero-order chi connectivity index (χ0) is 22.4. The molecule has 0 unspecified atom stereocenters. The normalized spacial score (nSPS) is 18.4. The molecule has 7 nitrogen and oxygen atoms in total. The lowest BCUT2D eigenvalue weighted by Gasteiger charge is -2.24. The fourth-order valence-corrected chi connectivity index (χ4v) is 5.05. The summed E-state index contributed by atoms with van der Waals surface area (Å²) in [5.41, 5.74) is 0.577. The van der Waals surface area contributed by atoms with Gasteiger partial charge < -0.3 is 10.0 Å². The van der Waals surface area contributed by atoms with Gasteiger partial charge in [0.1, 0.15) is 5.69 Å². The maximum atomic E-state index is 12.9. The number of pyridine rings is 1. The Labute approximate surface area is 176 Å². The number of halogens is 3. The third kappa shape index (κ3) is 4.08. The Morgan fingerprint density at radius 2 is 1.58 bits per heavy atom. The fraction of sp³-hybridized carbons (Fsp3) is 0.300. The molecule has 1 aromatic heterocycles. The van der Waals surface area contributed by atoms with Crippen LogP contribution in [0.4, 0.5) is 13.2 Å². The van der Waals surface area contributed by atoms with E-state index in [1.807, 2.05) is 0 Å². The summed E-state index contributed by atoms with van der Waals surface area (Å²) in [6.45, 7) is 0.224. The minimum absolute atomic E-state index is 0.0409. The van der Waals surface area contributed by atoms with Gasteiger partial charge in [-0.2, -0.15) is 17.5 Å². The van der Waals surface area contributed by atoms with E-state index in [1.165, 1.54) is 4.90 Å². The summed E-state index contributed by atoms with van der Waals surface area (Å²) >= 11 is 0. The highest BCUT2D eigenvalue weighted by molar-refractivity contribution is 7.89. The number of aromatic nitrogens is 1. The molecule has 11 heteroatoms. The van der Waals surface area contributed by atoms with Crippen LogP contribution in [0, 0.1) is 0 Å². The first-order chi connectivity index (χ1) is 14.6. The van der Waals surface area contributed by atoms with Crippen molar-refractivity contribution in [3.05, 3.63) is 70.9 Å². The Kier molecular flexibility index (Phi) is 5.36. The van der Waals surface area contributed by atoms with Crippen molar-refractivity contribution < 1.29 is 31.5 Å². The summed E-state index contributed by atoms with van der Waals surface area (Å²) in [4.78, 5) is 17.3. The summed E-state index contributed by atoms with van der Waals surface area (Å²) in [5, 5.41) is 9.65. The number of rotatable bonds is 4. The maximum Gasteiger partial charge on any atom is 0.433 e. The molecule has 0 saturated carbocycles. The van der Waals surface area contributed by atoms with Gasteiger partial charge in [-0.3, -0.25) is 4.79 Å². The third-order valence-electron chi connectivity index (χ3n) is 5.28. The van der Waals surface area contributed by atoms with Gasteiger partial charge in [-0.15, -0.1) is 0 Å². The zero-order valence-electron chi connectivity index (χ0n) is 16.1. The Morgan fingerprint density at radius 1 is 0.968 bits per heavy atom. The van der Waals surface area contributed by atoms with Crippen LogP contribution in [0.3, 0.4) is 0 Å². The summed E-state index contributed by atoms with van der Waals surface area (Å²) in [7, 11) is -4.23. The largest absolute Gasteiger partial charge is 0.433 e. The molecular weight excluding hydrogens is 435 g/mol. The molecule has 3 heterocycles. The predicted octanol–water partition coefficient (Wildman–Crippen LogP) is 1.98. The van der Waals surface area contributed by atoms with Crippen molar-refractivity contribution in [2.75, 3.05) is 26.2 Å². The summed E-state index contributed by atoms with van der Waals surface area (Å²) in [5.74, 6) is -0.491. The Hall–Kier alpha value is -2.76. The molecule has 2 aromatic rings. The Balaban J connectivity index is 1.44. The van der Waals surface area contributed by atoms with Crippen molar-refractivity contribution in [1.29, 1.82) is 0 Å². The predicted molar refractivity (Wildman–Crippen MR) is 103 cm³/mol. The molecule has 1 atom stereocenters. The van der Waals surface area contributed by atoms with Gasteiger partial charge in [-0.25, -0.2) is 13.4 Å². The average molecular weight is 453 g/mol. The second-order valence-electron chi connectivity index (χ2n) is 7.35. The number of carbonyl (C=O) groups is 1. The minimum atomic E-state index is -4.75. The maximum absolute atomic E-state index is 12.9. The van der Waals surface area contributed by atoms with E-state index in [0.29, 0.717) is 22.8 Å². The fourth-order valence-electron chi connectivity index (χ4n) is 3.67. The average Bonchev–Trinajstić information content (AvgIpc) is 3.33. The zero-order valence-corrected chi connectivity index (χ0v) is 16.9. The van der Waals surface area contributed by atoms with Crippen LogP contribution in [0.2, 0.25) is 0 Å². The van der Waals surface area contributed by atoms with E-state index in [4.69, 9.17) is 0 Å². The summed E-state index contributed by atoms with van der Waals surface area (Å²) < 4.78 is 65.3. The van der Waals surface area contributed by atoms with E-state index < -0.39 is 38.9 Å². The van der Waals surface area contributed by atoms with E-state index in [2.05, 4.69) is 4.98 Å². The lowest BCUT2D eigenvalue weighted by molar-refractivity contribution is -0.141. The van der Waals surface area contributed by atoms with Gasteiger partial charge in [0.2, 0.25) is 0 Å². The molecule has 2 aliphatic rings. The van der Waals surface area contributed by atoms with Gasteiger partial charge in [-0.05, 0) is 28.8 Å². The van der Waals surface area contributed by atoms with Crippen LogP contribution in [0.5, 0.6) is 0 Å². The standard InChI is InChI=1S/C20H18F3N3O4S/c21-20(22,23)16-7-4-8-17(24-16)31(29,30)26-11-14-9-25(10-15(14)12-26)19(28)18(27)13-5-2-1-3-6-13/h1-8,18,27H,9-12H2/t18-/m1/s1. The van der Waals surface area contributed by atoms with Crippen LogP contribution in [0.25, 0.3) is 0 Å². The van der Waals surface area contributed by atoms with Crippen LogP contribution >= 0.6 is 0 Å². The first-order valence-corrected chi connectivity index (χ1v) is 10.8. The van der Waals surface area contributed by atoms with E-state index in [1.54, 1.807) is 30.3 Å². The molecule has 1 N–H and O–H groups in total. The summed E-state index contributed by atoms with van der Waals surface area (Å²) in [6.07, 6.45) is -6.08. The highest BCUT2D eigenvalue weighted by Crippen LogP contribution is 2.32. The highest BCUT2D eigenvalue weighted by atomic mass is 32.2. The number of carbonyl (C=O) groups excluding carboxylic acids is 1. The molecule has 0 bridgehead atoms. The van der Waals surface area contributed by atoms with Crippen molar-refractivity contribution in [2.24, 2.45) is 0 Å². The molecule has 1 amide bonds. The molecule has 1 aromatic carbocycles. The van der Waals surface area contributed by atoms with Crippen LogP contribution in [0.15, 0.2) is 64.7 Å². The monoisotopic (exact) mass is 453 g/mol. The molecule has 31 heavy (non-hydrogen) atoms. The van der Waals surface area contributed by atoms with Gasteiger partial charge in [0.15, 0.2) is 11.1 Å². The van der Waals surface area contributed by atoms with E-state index >= 15 is 0 Å². The lowest BCUT2D eigenvalue weighted by atomic mass is 10.1. The van der Waals surface area contributed by atoms with E-state index in [9.17, 15) is 31.5 Å². The SMILES string of the molecule is O=C([C@H](O)c1ccccc1)N1CC2=C(C1)CN(S(=O)(=O)c1cccc(C(F)(F)F)n1)C2. The van der Waals surface area contributed by atoms with E-state index in [0.717, 1.165) is 16.4 Å². The molecule has 0 saturated heterocycles. The number of hydrogen-bond acceptors (Lipinski definition) is 5. The highest BCUT2D eigenvalue weighted by Gasteiger charge is 2.40. The van der Waals surface area contributed by atoms with Crippen molar-refractivity contribution in [3.63, 3.8) is 0 Å². The molecular formula is C20H18F3N3O4S. The van der Waals surface area contributed by atoms with Crippen molar-refractivity contribution in [3.8, 4) is 0 Å². The van der Waals surface area contributed by atoms with Crippen LogP contribution < -0.4 is 0 Å². The van der Waals surface area contributed by atoms with Crippen LogP contribution in [-0.2, 0) is 21.0 Å². The molecule has 0 fully saturated rings. The Bertz CT molecular complexity index is 1130. The van der Waals surface area contributed by atoms with Gasteiger partial charge in [0.25, 0.3) is 15.9 Å². The molecule has 0 radical (unpaired) electrons. The molecule has 2 aliphatic heterocycles. The summed E-state index contributed by atoms with van der Waals surface area (Å²) in [6, 6.07) is 11.2. The number of benzene rings is 1. The topological polar surface area (TPSA) is 90.8 Å². The minimum Gasteiger partial charge on any atom is -0.378 e. The van der Waals surface area contributed by atoms with Crippen LogP contribution in [0.1, 0.15) is 17.4 Å². The van der Waals surface area contributed by atoms with Gasteiger partial charge >= 0.3 is 6.18 Å². The van der Waals surface area contributed by atoms with Gasteiger partial charge in [0, 0.05) is 26.2 Å². The molecule has 0 spiro atoms. The lowest BCUT2D eigenvalue weighted by Crippen LogP contribution is -2.38. The molecule has 0 aliphatic carbocycles. The van der Waals surface area contributed by atoms with Gasteiger partial charge in [-0.1, -0.05) is 36.4 Å².